The number of carbonyl (C=O) groups excluding carboxylic acids is 2. The van der Waals surface area contributed by atoms with Crippen molar-refractivity contribution in [2.24, 2.45) is 5.92 Å². The summed E-state index contributed by atoms with van der Waals surface area (Å²) in [5.74, 6) is -0.164. The molecular formula is C21H21FN4O2S. The topological polar surface area (TPSA) is 74.3 Å². The molecule has 0 saturated carbocycles. The van der Waals surface area contributed by atoms with Crippen LogP contribution in [0.1, 0.15) is 22.6 Å². The Labute approximate surface area is 171 Å². The van der Waals surface area contributed by atoms with E-state index in [9.17, 15) is 14.0 Å². The summed E-state index contributed by atoms with van der Waals surface area (Å²) < 4.78 is 14.0. The smallest absolute Gasteiger partial charge is 0.321 e. The molecule has 4 rings (SSSR count). The number of nitrogens with one attached hydrogen (secondary N) is 2. The van der Waals surface area contributed by atoms with Gasteiger partial charge in [-0.2, -0.15) is 0 Å². The molecule has 2 aromatic carbocycles. The second-order valence-electron chi connectivity index (χ2n) is 7.06. The Hall–Kier alpha value is -3.00. The molecule has 2 heterocycles. The fourth-order valence-electron chi connectivity index (χ4n) is 3.36. The van der Waals surface area contributed by atoms with Crippen molar-refractivity contribution >= 4 is 39.2 Å². The maximum Gasteiger partial charge on any atom is 0.321 e. The predicted octanol–water partition coefficient (Wildman–Crippen LogP) is 4.11. The van der Waals surface area contributed by atoms with E-state index in [0.29, 0.717) is 36.2 Å². The first-order valence-corrected chi connectivity index (χ1v) is 10.4. The molecule has 1 fully saturated rings. The third-order valence-corrected chi connectivity index (χ3v) is 6.07. The molecule has 150 valence electrons. The number of hydrogen-bond donors (Lipinski definition) is 2. The molecule has 3 aromatic rings. The maximum atomic E-state index is 13.0. The first kappa shape index (κ1) is 19.3. The van der Waals surface area contributed by atoms with Gasteiger partial charge in [0, 0.05) is 25.3 Å². The SMILES string of the molecule is O=C(NCC1CCN(C(=O)Nc2ccc(F)cc2)CC1)c1nc2ccccc2s1. The summed E-state index contributed by atoms with van der Waals surface area (Å²) >= 11 is 1.39. The van der Waals surface area contributed by atoms with Gasteiger partial charge < -0.3 is 15.5 Å². The zero-order valence-corrected chi connectivity index (χ0v) is 16.5. The number of piperidine rings is 1. The molecule has 0 unspecified atom stereocenters. The molecule has 0 aliphatic carbocycles. The number of aromatic nitrogens is 1. The van der Waals surface area contributed by atoms with Crippen LogP contribution in [0.4, 0.5) is 14.9 Å². The Kier molecular flexibility index (Phi) is 5.71. The van der Waals surface area contributed by atoms with Gasteiger partial charge in [-0.25, -0.2) is 14.2 Å². The van der Waals surface area contributed by atoms with Gasteiger partial charge in [-0.3, -0.25) is 4.79 Å². The van der Waals surface area contributed by atoms with E-state index in [2.05, 4.69) is 15.6 Å². The largest absolute Gasteiger partial charge is 0.350 e. The Morgan fingerprint density at radius 1 is 1.10 bits per heavy atom. The lowest BCUT2D eigenvalue weighted by atomic mass is 9.97. The zero-order chi connectivity index (χ0) is 20.2. The number of thiazole rings is 1. The molecule has 8 heteroatoms. The summed E-state index contributed by atoms with van der Waals surface area (Å²) in [7, 11) is 0. The fraction of sp³-hybridized carbons (Fsp3) is 0.286. The van der Waals surface area contributed by atoms with Crippen LogP contribution in [0, 0.1) is 11.7 Å². The van der Waals surface area contributed by atoms with Gasteiger partial charge in [0.05, 0.1) is 10.2 Å². The van der Waals surface area contributed by atoms with E-state index in [-0.39, 0.29) is 17.8 Å². The maximum absolute atomic E-state index is 13.0. The predicted molar refractivity (Wildman–Crippen MR) is 112 cm³/mol. The number of nitrogens with zero attached hydrogens (tertiary/aromatic N) is 2. The molecule has 1 aliphatic rings. The van der Waals surface area contributed by atoms with E-state index >= 15 is 0 Å². The van der Waals surface area contributed by atoms with Gasteiger partial charge in [-0.1, -0.05) is 12.1 Å². The second-order valence-corrected chi connectivity index (χ2v) is 8.09. The number of hydrogen-bond acceptors (Lipinski definition) is 4. The number of halogens is 1. The van der Waals surface area contributed by atoms with E-state index in [1.54, 1.807) is 4.90 Å². The van der Waals surface area contributed by atoms with Gasteiger partial charge in [0.1, 0.15) is 5.82 Å². The summed E-state index contributed by atoms with van der Waals surface area (Å²) in [6, 6.07) is 13.2. The van der Waals surface area contributed by atoms with Gasteiger partial charge in [0.15, 0.2) is 5.01 Å². The standard InChI is InChI=1S/C21H21FN4O2S/c22-15-5-7-16(8-6-15)24-21(28)26-11-9-14(10-12-26)13-23-19(27)20-25-17-3-1-2-4-18(17)29-20/h1-8,14H,9-13H2,(H,23,27)(H,24,28). The normalized spacial score (nSPS) is 14.7. The minimum Gasteiger partial charge on any atom is -0.350 e. The molecule has 1 saturated heterocycles. The Morgan fingerprint density at radius 2 is 1.83 bits per heavy atom. The molecule has 0 spiro atoms. The molecule has 0 atom stereocenters. The zero-order valence-electron chi connectivity index (χ0n) is 15.7. The van der Waals surface area contributed by atoms with Gasteiger partial charge in [-0.05, 0) is 55.2 Å². The number of rotatable bonds is 4. The number of benzene rings is 2. The first-order chi connectivity index (χ1) is 14.1. The van der Waals surface area contributed by atoms with Crippen molar-refractivity contribution in [2.45, 2.75) is 12.8 Å². The molecule has 0 bridgehead atoms. The van der Waals surface area contributed by atoms with Gasteiger partial charge >= 0.3 is 6.03 Å². The van der Waals surface area contributed by atoms with E-state index in [4.69, 9.17) is 0 Å². The highest BCUT2D eigenvalue weighted by Crippen LogP contribution is 2.22. The van der Waals surface area contributed by atoms with Crippen LogP contribution in [0.3, 0.4) is 0 Å². The molecule has 1 aliphatic heterocycles. The summed E-state index contributed by atoms with van der Waals surface area (Å²) in [6.07, 6.45) is 1.63. The van der Waals surface area contributed by atoms with Crippen LogP contribution in [0.25, 0.3) is 10.2 Å². The van der Waals surface area contributed by atoms with Crippen molar-refractivity contribution in [1.29, 1.82) is 0 Å². The molecule has 6 nitrogen and oxygen atoms in total. The lowest BCUT2D eigenvalue weighted by Crippen LogP contribution is -2.43. The van der Waals surface area contributed by atoms with Crippen LogP contribution >= 0.6 is 11.3 Å². The van der Waals surface area contributed by atoms with Gasteiger partial charge in [0.2, 0.25) is 0 Å². The average Bonchev–Trinajstić information content (AvgIpc) is 3.18. The summed E-state index contributed by atoms with van der Waals surface area (Å²) in [5, 5.41) is 6.23. The fourth-order valence-corrected chi connectivity index (χ4v) is 4.24. The van der Waals surface area contributed by atoms with Crippen molar-refractivity contribution in [3.05, 3.63) is 59.4 Å². The molecule has 29 heavy (non-hydrogen) atoms. The average molecular weight is 412 g/mol. The Balaban J connectivity index is 1.23. The molecule has 3 amide bonds. The molecule has 1 aromatic heterocycles. The van der Waals surface area contributed by atoms with E-state index < -0.39 is 0 Å². The quantitative estimate of drug-likeness (QED) is 0.677. The van der Waals surface area contributed by atoms with Crippen molar-refractivity contribution in [2.75, 3.05) is 25.0 Å². The highest BCUT2D eigenvalue weighted by atomic mass is 32.1. The van der Waals surface area contributed by atoms with Crippen LogP contribution in [-0.4, -0.2) is 41.5 Å². The highest BCUT2D eigenvalue weighted by molar-refractivity contribution is 7.20. The number of likely N-dealkylation sites (tertiary alicyclic amines) is 1. The van der Waals surface area contributed by atoms with Gasteiger partial charge in [0.25, 0.3) is 5.91 Å². The number of urea groups is 1. The number of para-hydroxylation sites is 1. The van der Waals surface area contributed by atoms with E-state index in [1.165, 1.54) is 35.6 Å². The number of anilines is 1. The molecule has 0 radical (unpaired) electrons. The minimum absolute atomic E-state index is 0.150. The second kappa shape index (κ2) is 8.57. The monoisotopic (exact) mass is 412 g/mol. The first-order valence-electron chi connectivity index (χ1n) is 9.54. The lowest BCUT2D eigenvalue weighted by molar-refractivity contribution is 0.0938. The van der Waals surface area contributed by atoms with Crippen LogP contribution < -0.4 is 10.6 Å². The van der Waals surface area contributed by atoms with E-state index in [1.807, 2.05) is 24.3 Å². The lowest BCUT2D eigenvalue weighted by Gasteiger charge is -2.32. The van der Waals surface area contributed by atoms with Crippen LogP contribution in [0.5, 0.6) is 0 Å². The molecule has 2 N–H and O–H groups in total. The van der Waals surface area contributed by atoms with Gasteiger partial charge in [-0.15, -0.1) is 11.3 Å². The number of carbonyl (C=O) groups is 2. The summed E-state index contributed by atoms with van der Waals surface area (Å²) in [4.78, 5) is 30.9. The minimum atomic E-state index is -0.336. The third-order valence-electron chi connectivity index (χ3n) is 5.04. The van der Waals surface area contributed by atoms with Crippen molar-refractivity contribution in [3.63, 3.8) is 0 Å². The Morgan fingerprint density at radius 3 is 2.55 bits per heavy atom. The van der Waals surface area contributed by atoms with Crippen molar-refractivity contribution in [1.82, 2.24) is 15.2 Å². The van der Waals surface area contributed by atoms with E-state index in [0.717, 1.165) is 23.1 Å². The number of amides is 3. The third kappa shape index (κ3) is 4.71. The Bertz CT molecular complexity index is 980. The molecular weight excluding hydrogens is 391 g/mol. The van der Waals surface area contributed by atoms with Crippen molar-refractivity contribution < 1.29 is 14.0 Å². The van der Waals surface area contributed by atoms with Crippen molar-refractivity contribution in [3.8, 4) is 0 Å². The summed E-state index contributed by atoms with van der Waals surface area (Å²) in [5.41, 5.74) is 1.41. The summed E-state index contributed by atoms with van der Waals surface area (Å²) in [6.45, 7) is 1.81. The van der Waals surface area contributed by atoms with Crippen LogP contribution in [0.2, 0.25) is 0 Å². The van der Waals surface area contributed by atoms with Crippen LogP contribution in [0.15, 0.2) is 48.5 Å². The highest BCUT2D eigenvalue weighted by Gasteiger charge is 2.23. The van der Waals surface area contributed by atoms with Crippen LogP contribution in [-0.2, 0) is 0 Å². The number of fused-ring (bicyclic) bond motifs is 1.